The van der Waals surface area contributed by atoms with Gasteiger partial charge in [-0.25, -0.2) is 9.78 Å². The Bertz CT molecular complexity index is 433. The Kier molecular flexibility index (Phi) is 4.38. The lowest BCUT2D eigenvalue weighted by molar-refractivity contribution is 0.0696. The van der Waals surface area contributed by atoms with E-state index in [1.165, 1.54) is 12.1 Å². The molecule has 5 nitrogen and oxygen atoms in total. The van der Waals surface area contributed by atoms with Crippen LogP contribution in [0.3, 0.4) is 0 Å². The molecule has 6 heteroatoms. The number of nitrogens with one attached hydrogen (secondary N) is 1. The van der Waals surface area contributed by atoms with E-state index in [9.17, 15) is 4.79 Å². The van der Waals surface area contributed by atoms with Gasteiger partial charge in [0.25, 0.3) is 0 Å². The molecule has 1 aromatic rings. The molecule has 1 aliphatic heterocycles. The summed E-state index contributed by atoms with van der Waals surface area (Å²) in [6.07, 6.45) is 2.03. The van der Waals surface area contributed by atoms with Crippen LogP contribution in [0, 0.1) is 5.92 Å². The SMILES string of the molecule is O=C(O)c1cc(Cl)nc(NCC2CCOCC2)c1. The number of anilines is 1. The number of rotatable bonds is 4. The van der Waals surface area contributed by atoms with E-state index in [-0.39, 0.29) is 10.7 Å². The van der Waals surface area contributed by atoms with Crippen LogP contribution < -0.4 is 5.32 Å². The van der Waals surface area contributed by atoms with Crippen LogP contribution in [-0.4, -0.2) is 35.8 Å². The molecule has 98 valence electrons. The molecule has 0 radical (unpaired) electrons. The topological polar surface area (TPSA) is 71.5 Å². The molecule has 0 spiro atoms. The molecule has 2 heterocycles. The summed E-state index contributed by atoms with van der Waals surface area (Å²) < 4.78 is 5.28. The molecule has 0 unspecified atom stereocenters. The molecule has 0 aromatic carbocycles. The van der Waals surface area contributed by atoms with Gasteiger partial charge < -0.3 is 15.2 Å². The number of nitrogens with zero attached hydrogens (tertiary/aromatic N) is 1. The summed E-state index contributed by atoms with van der Waals surface area (Å²) in [5.41, 5.74) is 0.143. The summed E-state index contributed by atoms with van der Waals surface area (Å²) in [6.45, 7) is 2.33. The molecule has 18 heavy (non-hydrogen) atoms. The van der Waals surface area contributed by atoms with Crippen molar-refractivity contribution in [2.45, 2.75) is 12.8 Å². The molecule has 2 N–H and O–H groups in total. The number of carbonyl (C=O) groups is 1. The quantitative estimate of drug-likeness (QED) is 0.821. The number of hydrogen-bond acceptors (Lipinski definition) is 4. The number of carboxylic acids is 1. The van der Waals surface area contributed by atoms with Gasteiger partial charge in [0.05, 0.1) is 5.56 Å². The van der Waals surface area contributed by atoms with Crippen LogP contribution in [0.5, 0.6) is 0 Å². The Morgan fingerprint density at radius 2 is 2.22 bits per heavy atom. The second-order valence-corrected chi connectivity index (χ2v) is 4.69. The number of aromatic nitrogens is 1. The van der Waals surface area contributed by atoms with Gasteiger partial charge in [-0.3, -0.25) is 0 Å². The minimum absolute atomic E-state index is 0.143. The maximum atomic E-state index is 10.9. The fourth-order valence-electron chi connectivity index (χ4n) is 1.91. The zero-order valence-corrected chi connectivity index (χ0v) is 10.6. The predicted molar refractivity (Wildman–Crippen MR) is 68.2 cm³/mol. The zero-order chi connectivity index (χ0) is 13.0. The van der Waals surface area contributed by atoms with Gasteiger partial charge in [0.1, 0.15) is 11.0 Å². The number of aromatic carboxylic acids is 1. The van der Waals surface area contributed by atoms with Crippen molar-refractivity contribution in [2.75, 3.05) is 25.1 Å². The third kappa shape index (κ3) is 3.58. The highest BCUT2D eigenvalue weighted by atomic mass is 35.5. The minimum atomic E-state index is -1.01. The van der Waals surface area contributed by atoms with Gasteiger partial charge in [-0.15, -0.1) is 0 Å². The second kappa shape index (κ2) is 6.02. The molecule has 0 amide bonds. The lowest BCUT2D eigenvalue weighted by Crippen LogP contribution is -2.23. The summed E-state index contributed by atoms with van der Waals surface area (Å²) in [7, 11) is 0. The maximum absolute atomic E-state index is 10.9. The first-order valence-electron chi connectivity index (χ1n) is 5.87. The Balaban J connectivity index is 1.97. The van der Waals surface area contributed by atoms with Gasteiger partial charge in [-0.1, -0.05) is 11.6 Å². The van der Waals surface area contributed by atoms with Gasteiger partial charge in [0.2, 0.25) is 0 Å². The predicted octanol–water partition coefficient (Wildman–Crippen LogP) is 2.27. The first-order valence-corrected chi connectivity index (χ1v) is 6.25. The van der Waals surface area contributed by atoms with Crippen LogP contribution in [0.4, 0.5) is 5.82 Å². The van der Waals surface area contributed by atoms with E-state index in [1.54, 1.807) is 0 Å². The summed E-state index contributed by atoms with van der Waals surface area (Å²) in [5, 5.41) is 12.2. The van der Waals surface area contributed by atoms with Gasteiger partial charge in [-0.2, -0.15) is 0 Å². The van der Waals surface area contributed by atoms with Crippen LogP contribution in [0.15, 0.2) is 12.1 Å². The van der Waals surface area contributed by atoms with Crippen LogP contribution in [0.2, 0.25) is 5.15 Å². The van der Waals surface area contributed by atoms with Crippen molar-refractivity contribution in [1.82, 2.24) is 4.98 Å². The number of carboxylic acid groups (broad SMARTS) is 1. The number of pyridine rings is 1. The molecular formula is C12H15ClN2O3. The van der Waals surface area contributed by atoms with E-state index in [4.69, 9.17) is 21.4 Å². The Hall–Kier alpha value is -1.33. The highest BCUT2D eigenvalue weighted by molar-refractivity contribution is 6.29. The standard InChI is InChI=1S/C12H15ClN2O3/c13-10-5-9(12(16)17)6-11(15-10)14-7-8-1-3-18-4-2-8/h5-6,8H,1-4,7H2,(H,14,15)(H,16,17). The monoisotopic (exact) mass is 270 g/mol. The summed E-state index contributed by atoms with van der Waals surface area (Å²) in [4.78, 5) is 14.9. The largest absolute Gasteiger partial charge is 0.478 e. The normalized spacial score (nSPS) is 16.5. The summed E-state index contributed by atoms with van der Waals surface area (Å²) in [5.74, 6) is 0.0348. The van der Waals surface area contributed by atoms with Gasteiger partial charge in [0, 0.05) is 19.8 Å². The molecule has 1 aliphatic rings. The molecular weight excluding hydrogens is 256 g/mol. The highest BCUT2D eigenvalue weighted by Gasteiger charge is 2.14. The number of hydrogen-bond donors (Lipinski definition) is 2. The number of ether oxygens (including phenoxy) is 1. The minimum Gasteiger partial charge on any atom is -0.478 e. The van der Waals surface area contributed by atoms with E-state index in [0.717, 1.165) is 32.6 Å². The van der Waals surface area contributed by atoms with E-state index in [0.29, 0.717) is 11.7 Å². The van der Waals surface area contributed by atoms with Crippen LogP contribution >= 0.6 is 11.6 Å². The van der Waals surface area contributed by atoms with Crippen molar-refractivity contribution in [3.05, 3.63) is 22.8 Å². The average molecular weight is 271 g/mol. The van der Waals surface area contributed by atoms with Crippen molar-refractivity contribution >= 4 is 23.4 Å². The highest BCUT2D eigenvalue weighted by Crippen LogP contribution is 2.18. The first kappa shape index (κ1) is 13.1. The molecule has 1 saturated heterocycles. The van der Waals surface area contributed by atoms with E-state index in [1.807, 2.05) is 0 Å². The molecule has 1 fully saturated rings. The summed E-state index contributed by atoms with van der Waals surface area (Å²) in [6, 6.07) is 2.83. The first-order chi connectivity index (χ1) is 8.65. The molecule has 0 aliphatic carbocycles. The van der Waals surface area contributed by atoms with E-state index < -0.39 is 5.97 Å². The van der Waals surface area contributed by atoms with Gasteiger partial charge >= 0.3 is 5.97 Å². The summed E-state index contributed by atoms with van der Waals surface area (Å²) >= 11 is 5.78. The van der Waals surface area contributed by atoms with Crippen LogP contribution in [-0.2, 0) is 4.74 Å². The van der Waals surface area contributed by atoms with Crippen LogP contribution in [0.1, 0.15) is 23.2 Å². The number of halogens is 1. The smallest absolute Gasteiger partial charge is 0.335 e. The van der Waals surface area contributed by atoms with Gasteiger partial charge in [-0.05, 0) is 30.9 Å². The van der Waals surface area contributed by atoms with E-state index in [2.05, 4.69) is 10.3 Å². The third-order valence-corrected chi connectivity index (χ3v) is 3.15. The second-order valence-electron chi connectivity index (χ2n) is 4.31. The van der Waals surface area contributed by atoms with Crippen LogP contribution in [0.25, 0.3) is 0 Å². The lowest BCUT2D eigenvalue weighted by atomic mass is 10.0. The lowest BCUT2D eigenvalue weighted by Gasteiger charge is -2.22. The molecule has 0 bridgehead atoms. The Morgan fingerprint density at radius 3 is 2.89 bits per heavy atom. The van der Waals surface area contributed by atoms with Crippen molar-refractivity contribution in [2.24, 2.45) is 5.92 Å². The molecule has 2 rings (SSSR count). The third-order valence-electron chi connectivity index (χ3n) is 2.95. The average Bonchev–Trinajstić information content (AvgIpc) is 2.37. The Morgan fingerprint density at radius 1 is 1.50 bits per heavy atom. The molecule has 0 saturated carbocycles. The molecule has 1 aromatic heterocycles. The zero-order valence-electron chi connectivity index (χ0n) is 9.86. The van der Waals surface area contributed by atoms with Gasteiger partial charge in [0.15, 0.2) is 0 Å². The fourth-order valence-corrected chi connectivity index (χ4v) is 2.12. The Labute approximate surface area is 110 Å². The van der Waals surface area contributed by atoms with Crippen molar-refractivity contribution < 1.29 is 14.6 Å². The fraction of sp³-hybridized carbons (Fsp3) is 0.500. The van der Waals surface area contributed by atoms with Crippen molar-refractivity contribution in [3.63, 3.8) is 0 Å². The van der Waals surface area contributed by atoms with Crippen molar-refractivity contribution in [3.8, 4) is 0 Å². The van der Waals surface area contributed by atoms with Crippen molar-refractivity contribution in [1.29, 1.82) is 0 Å². The maximum Gasteiger partial charge on any atom is 0.335 e. The molecule has 0 atom stereocenters. The van der Waals surface area contributed by atoms with E-state index >= 15 is 0 Å².